The van der Waals surface area contributed by atoms with Gasteiger partial charge in [0, 0.05) is 24.7 Å². The number of nitrogens with two attached hydrogens (primary N) is 1. The van der Waals surface area contributed by atoms with Crippen LogP contribution < -0.4 is 10.5 Å². The maximum absolute atomic E-state index is 12.6. The summed E-state index contributed by atoms with van der Waals surface area (Å²) in [6.07, 6.45) is 0. The van der Waals surface area contributed by atoms with Gasteiger partial charge in [0.1, 0.15) is 0 Å². The lowest BCUT2D eigenvalue weighted by Crippen LogP contribution is -2.32. The van der Waals surface area contributed by atoms with Crippen molar-refractivity contribution in [2.45, 2.75) is 24.8 Å². The maximum Gasteiger partial charge on any atom is 0.270 e. The van der Waals surface area contributed by atoms with Gasteiger partial charge in [-0.1, -0.05) is 30.3 Å². The molecule has 25 heavy (non-hydrogen) atoms. The van der Waals surface area contributed by atoms with Crippen LogP contribution in [0.15, 0.2) is 47.4 Å². The number of nitrogens with zero attached hydrogens (tertiary/aromatic N) is 1. The molecule has 0 aromatic heterocycles. The molecule has 3 N–H and O–H groups in total. The summed E-state index contributed by atoms with van der Waals surface area (Å²) in [4.78, 5) is 10.4. The Hall–Kier alpha value is -2.00. The first-order valence-corrected chi connectivity index (χ1v) is 8.76. The van der Waals surface area contributed by atoms with Crippen molar-refractivity contribution in [3.63, 3.8) is 0 Å². The second-order valence-corrected chi connectivity index (χ2v) is 7.24. The summed E-state index contributed by atoms with van der Waals surface area (Å²) in [6.45, 7) is 3.10. The van der Waals surface area contributed by atoms with E-state index in [1.165, 1.54) is 26.0 Å². The summed E-state index contributed by atoms with van der Waals surface area (Å²) in [6, 6.07) is 11.2. The fourth-order valence-corrected chi connectivity index (χ4v) is 4.06. The molecule has 0 fully saturated rings. The topological polar surface area (TPSA) is 115 Å². The molecule has 0 radical (unpaired) electrons. The van der Waals surface area contributed by atoms with Crippen LogP contribution in [0.2, 0.25) is 0 Å². The van der Waals surface area contributed by atoms with Gasteiger partial charge in [-0.15, -0.1) is 12.4 Å². The highest BCUT2D eigenvalue weighted by molar-refractivity contribution is 7.89. The van der Waals surface area contributed by atoms with Gasteiger partial charge in [0.05, 0.1) is 9.82 Å². The van der Waals surface area contributed by atoms with Crippen molar-refractivity contribution >= 4 is 28.1 Å². The van der Waals surface area contributed by atoms with Gasteiger partial charge in [-0.2, -0.15) is 0 Å². The molecule has 2 aromatic carbocycles. The van der Waals surface area contributed by atoms with Gasteiger partial charge >= 0.3 is 0 Å². The molecular formula is C16H20ClN3O4S. The monoisotopic (exact) mass is 385 g/mol. The zero-order valence-corrected chi connectivity index (χ0v) is 15.4. The maximum atomic E-state index is 12.6. The molecule has 1 unspecified atom stereocenters. The minimum Gasteiger partial charge on any atom is -0.323 e. The molecule has 7 nitrogen and oxygen atoms in total. The van der Waals surface area contributed by atoms with Crippen LogP contribution in [0, 0.1) is 24.0 Å². The van der Waals surface area contributed by atoms with Crippen molar-refractivity contribution in [1.82, 2.24) is 4.72 Å². The highest BCUT2D eigenvalue weighted by atomic mass is 35.5. The molecule has 2 rings (SSSR count). The summed E-state index contributed by atoms with van der Waals surface area (Å²) < 4.78 is 27.6. The van der Waals surface area contributed by atoms with E-state index >= 15 is 0 Å². The molecule has 1 atom stereocenters. The molecule has 0 bridgehead atoms. The van der Waals surface area contributed by atoms with Gasteiger partial charge in [0.15, 0.2) is 0 Å². The van der Waals surface area contributed by atoms with E-state index in [4.69, 9.17) is 5.73 Å². The number of aryl methyl sites for hydroxylation is 2. The Morgan fingerprint density at radius 1 is 1.16 bits per heavy atom. The van der Waals surface area contributed by atoms with Crippen molar-refractivity contribution in [3.05, 3.63) is 69.3 Å². The van der Waals surface area contributed by atoms with E-state index in [0.29, 0.717) is 11.1 Å². The first-order valence-electron chi connectivity index (χ1n) is 7.28. The number of nitro benzene ring substituents is 1. The van der Waals surface area contributed by atoms with Gasteiger partial charge < -0.3 is 5.73 Å². The van der Waals surface area contributed by atoms with Crippen molar-refractivity contribution in [1.29, 1.82) is 0 Å². The average molecular weight is 386 g/mol. The van der Waals surface area contributed by atoms with E-state index < -0.39 is 21.0 Å². The Morgan fingerprint density at radius 3 is 2.16 bits per heavy atom. The van der Waals surface area contributed by atoms with Crippen LogP contribution in [0.3, 0.4) is 0 Å². The SMILES string of the molecule is Cc1cc([N+](=O)[O-])cc(C)c1S(=O)(=O)NCC(N)c1ccccc1.Cl. The molecule has 0 aliphatic heterocycles. The van der Waals surface area contributed by atoms with E-state index in [1.54, 1.807) is 0 Å². The number of nitrogens with one attached hydrogen (secondary N) is 1. The van der Waals surface area contributed by atoms with Gasteiger partial charge in [0.25, 0.3) is 5.69 Å². The molecule has 0 saturated carbocycles. The second-order valence-electron chi connectivity index (χ2n) is 5.53. The standard InChI is InChI=1S/C16H19N3O4S.ClH/c1-11-8-14(19(20)21)9-12(2)16(11)24(22,23)18-10-15(17)13-6-4-3-5-7-13;/h3-9,15,18H,10,17H2,1-2H3;1H. The van der Waals surface area contributed by atoms with Gasteiger partial charge in [-0.3, -0.25) is 10.1 Å². The predicted molar refractivity (Wildman–Crippen MR) is 98.4 cm³/mol. The lowest BCUT2D eigenvalue weighted by Gasteiger charge is -2.15. The number of hydrogen-bond acceptors (Lipinski definition) is 5. The van der Waals surface area contributed by atoms with Crippen molar-refractivity contribution in [2.24, 2.45) is 5.73 Å². The minimum atomic E-state index is -3.82. The number of nitro groups is 1. The molecule has 136 valence electrons. The highest BCUT2D eigenvalue weighted by Gasteiger charge is 2.23. The minimum absolute atomic E-state index is 0. The van der Waals surface area contributed by atoms with Crippen LogP contribution in [0.5, 0.6) is 0 Å². The Bertz CT molecular complexity index is 834. The van der Waals surface area contributed by atoms with Crippen molar-refractivity contribution in [3.8, 4) is 0 Å². The van der Waals surface area contributed by atoms with Crippen molar-refractivity contribution < 1.29 is 13.3 Å². The largest absolute Gasteiger partial charge is 0.323 e. The van der Waals surface area contributed by atoms with Gasteiger partial charge in [-0.25, -0.2) is 13.1 Å². The zero-order chi connectivity index (χ0) is 17.9. The van der Waals surface area contributed by atoms with E-state index in [0.717, 1.165) is 5.56 Å². The van der Waals surface area contributed by atoms with Crippen LogP contribution in [-0.4, -0.2) is 19.9 Å². The summed E-state index contributed by atoms with van der Waals surface area (Å²) in [7, 11) is -3.82. The summed E-state index contributed by atoms with van der Waals surface area (Å²) in [5, 5.41) is 10.9. The lowest BCUT2D eigenvalue weighted by atomic mass is 10.1. The van der Waals surface area contributed by atoms with Crippen LogP contribution in [0.4, 0.5) is 5.69 Å². The number of non-ortho nitro benzene ring substituents is 1. The Labute approximate surface area is 152 Å². The smallest absolute Gasteiger partial charge is 0.270 e. The number of halogens is 1. The Morgan fingerprint density at radius 2 is 1.68 bits per heavy atom. The van der Waals surface area contributed by atoms with Gasteiger partial charge in [-0.05, 0) is 30.5 Å². The third-order valence-corrected chi connectivity index (χ3v) is 5.37. The highest BCUT2D eigenvalue weighted by Crippen LogP contribution is 2.25. The van der Waals surface area contributed by atoms with Crippen LogP contribution >= 0.6 is 12.4 Å². The van der Waals surface area contributed by atoms with Crippen LogP contribution in [0.1, 0.15) is 22.7 Å². The summed E-state index contributed by atoms with van der Waals surface area (Å²) >= 11 is 0. The molecular weight excluding hydrogens is 366 g/mol. The predicted octanol–water partition coefficient (Wildman–Crippen LogP) is 2.61. The second kappa shape index (κ2) is 8.39. The normalized spacial score (nSPS) is 12.3. The number of hydrogen-bond donors (Lipinski definition) is 2. The molecule has 0 spiro atoms. The fourth-order valence-electron chi connectivity index (χ4n) is 2.55. The van der Waals surface area contributed by atoms with E-state index in [2.05, 4.69) is 4.72 Å². The number of rotatable bonds is 6. The summed E-state index contributed by atoms with van der Waals surface area (Å²) in [5.74, 6) is 0. The molecule has 9 heteroatoms. The molecule has 0 aliphatic carbocycles. The quantitative estimate of drug-likeness (QED) is 0.585. The average Bonchev–Trinajstić information content (AvgIpc) is 2.52. The number of benzene rings is 2. The zero-order valence-electron chi connectivity index (χ0n) is 13.8. The number of sulfonamides is 1. The Balaban J connectivity index is 0.00000312. The van der Waals surface area contributed by atoms with Crippen LogP contribution in [0.25, 0.3) is 0 Å². The van der Waals surface area contributed by atoms with E-state index in [-0.39, 0.29) is 29.5 Å². The van der Waals surface area contributed by atoms with Gasteiger partial charge in [0.2, 0.25) is 10.0 Å². The first kappa shape index (κ1) is 21.0. The molecule has 0 heterocycles. The molecule has 0 saturated heterocycles. The first-order chi connectivity index (χ1) is 11.2. The van der Waals surface area contributed by atoms with E-state index in [1.807, 2.05) is 30.3 Å². The van der Waals surface area contributed by atoms with E-state index in [9.17, 15) is 18.5 Å². The van der Waals surface area contributed by atoms with Crippen molar-refractivity contribution in [2.75, 3.05) is 6.54 Å². The third-order valence-electron chi connectivity index (χ3n) is 3.65. The van der Waals surface area contributed by atoms with Crippen LogP contribution in [-0.2, 0) is 10.0 Å². The third kappa shape index (κ3) is 4.99. The molecule has 0 amide bonds. The summed E-state index contributed by atoms with van der Waals surface area (Å²) in [5.41, 5.74) is 7.33. The fraction of sp³-hybridized carbons (Fsp3) is 0.250. The molecule has 2 aromatic rings. The molecule has 0 aliphatic rings. The Kier molecular flexibility index (Phi) is 7.06. The lowest BCUT2D eigenvalue weighted by molar-refractivity contribution is -0.385.